The van der Waals surface area contributed by atoms with Crippen molar-refractivity contribution < 1.29 is 93.0 Å². The number of aliphatic hydroxyl groups excluding tert-OH is 4. The first-order chi connectivity index (χ1) is 46.7. The van der Waals surface area contributed by atoms with Crippen molar-refractivity contribution in [1.29, 1.82) is 5.41 Å². The maximum atomic E-state index is 14.0. The molecule has 0 bridgehead atoms. The van der Waals surface area contributed by atoms with Crippen molar-refractivity contribution in [2.24, 2.45) is 29.0 Å². The number of benzene rings is 2. The fourth-order valence-electron chi connectivity index (χ4n) is 9.33. The Balaban J connectivity index is 2.21. The van der Waals surface area contributed by atoms with Gasteiger partial charge in [-0.2, -0.15) is 12.6 Å². The summed E-state index contributed by atoms with van der Waals surface area (Å²) in [7, 11) is 0. The molecule has 0 aliphatic heterocycles. The molecule has 36 nitrogen and oxygen atoms in total. The van der Waals surface area contributed by atoms with Crippen LogP contribution in [0.3, 0.4) is 0 Å². The van der Waals surface area contributed by atoms with E-state index in [1.165, 1.54) is 31.2 Å². The molecule has 0 spiro atoms. The van der Waals surface area contributed by atoms with Crippen LogP contribution >= 0.6 is 12.6 Å². The Labute approximate surface area is 578 Å². The maximum absolute atomic E-state index is 14.0. The zero-order valence-electron chi connectivity index (χ0n) is 56.1. The van der Waals surface area contributed by atoms with Gasteiger partial charge in [-0.1, -0.05) is 70.2 Å². The predicted octanol–water partition coefficient (Wildman–Crippen LogP) is -7.56. The van der Waals surface area contributed by atoms with Crippen LogP contribution in [-0.4, -0.2) is 237 Å². The number of carboxylic acids is 1. The molecule has 0 radical (unpaired) electrons. The average Bonchev–Trinajstić information content (AvgIpc) is 0.894. The fourth-order valence-corrected chi connectivity index (χ4v) is 9.59. The normalized spacial score (nSPS) is 15.1. The Kier molecular flexibility index (Phi) is 38.7. The number of unbranched alkanes of at least 4 members (excludes halogenated alkanes) is 1. The van der Waals surface area contributed by atoms with Gasteiger partial charge < -0.3 is 117 Å². The van der Waals surface area contributed by atoms with E-state index >= 15 is 0 Å². The van der Waals surface area contributed by atoms with Gasteiger partial charge in [-0.15, -0.1) is 0 Å². The molecule has 552 valence electrons. The summed E-state index contributed by atoms with van der Waals surface area (Å²) < 4.78 is 0. The lowest BCUT2D eigenvalue weighted by molar-refractivity contribution is -0.143. The van der Waals surface area contributed by atoms with Crippen LogP contribution in [0.2, 0.25) is 0 Å². The highest BCUT2D eigenvalue weighted by molar-refractivity contribution is 7.80. The molecular formula is C62H99N17O19S. The number of carbonyl (C=O) groups is 13. The summed E-state index contributed by atoms with van der Waals surface area (Å²) in [4.78, 5) is 175. The number of amides is 12. The van der Waals surface area contributed by atoms with E-state index in [4.69, 9.17) is 22.6 Å². The second-order valence-electron chi connectivity index (χ2n) is 24.1. The molecule has 0 aliphatic rings. The number of aliphatic carboxylic acids is 1. The van der Waals surface area contributed by atoms with E-state index in [1.807, 2.05) is 0 Å². The number of carboxylic acid groups (broad SMARTS) is 1. The third-order valence-corrected chi connectivity index (χ3v) is 15.3. The van der Waals surface area contributed by atoms with Crippen molar-refractivity contribution >= 4 is 95.4 Å². The molecule has 0 aliphatic carbocycles. The van der Waals surface area contributed by atoms with Crippen LogP contribution in [-0.2, 0) is 75.2 Å². The van der Waals surface area contributed by atoms with Gasteiger partial charge in [-0.3, -0.25) is 62.9 Å². The fraction of sp³-hybridized carbons (Fsp3) is 0.581. The van der Waals surface area contributed by atoms with Gasteiger partial charge in [0.15, 0.2) is 5.96 Å². The van der Waals surface area contributed by atoms with Crippen LogP contribution in [0.25, 0.3) is 0 Å². The summed E-state index contributed by atoms with van der Waals surface area (Å²) in [6, 6.07) is -4.40. The maximum Gasteiger partial charge on any atom is 0.326 e. The van der Waals surface area contributed by atoms with E-state index in [2.05, 4.69) is 81.7 Å². The number of carbonyl (C=O) groups excluding carboxylic acids is 12. The summed E-state index contributed by atoms with van der Waals surface area (Å²) in [5, 5.41) is 99.0. The molecule has 0 fully saturated rings. The lowest BCUT2D eigenvalue weighted by atomic mass is 10.00. The minimum atomic E-state index is -1.76. The van der Waals surface area contributed by atoms with Gasteiger partial charge in [0.2, 0.25) is 70.9 Å². The van der Waals surface area contributed by atoms with Crippen LogP contribution in [0, 0.1) is 17.2 Å². The summed E-state index contributed by atoms with van der Waals surface area (Å²) in [6.07, 6.45) is -1.49. The summed E-state index contributed by atoms with van der Waals surface area (Å²) in [5.74, 6) is -15.0. The lowest BCUT2D eigenvalue weighted by Gasteiger charge is -2.28. The molecule has 12 amide bonds. The second kappa shape index (κ2) is 44.6. The monoisotopic (exact) mass is 1420 g/mol. The smallest absolute Gasteiger partial charge is 0.326 e. The number of nitrogens with two attached hydrogens (primary N) is 3. The molecule has 26 N–H and O–H groups in total. The average molecular weight is 1420 g/mol. The van der Waals surface area contributed by atoms with Gasteiger partial charge >= 0.3 is 5.97 Å². The number of hydrogen-bond acceptors (Lipinski definition) is 22. The third-order valence-electron chi connectivity index (χ3n) is 14.9. The van der Waals surface area contributed by atoms with Crippen molar-refractivity contribution in [2.75, 3.05) is 45.2 Å². The number of aliphatic hydroxyl groups is 4. The topological polar surface area (TPSA) is 602 Å². The van der Waals surface area contributed by atoms with Crippen molar-refractivity contribution in [3.05, 3.63) is 65.7 Å². The van der Waals surface area contributed by atoms with Crippen molar-refractivity contribution in [1.82, 2.24) is 69.1 Å². The van der Waals surface area contributed by atoms with Crippen LogP contribution in [0.4, 0.5) is 0 Å². The number of rotatable bonds is 45. The molecule has 37 heteroatoms. The number of hydrogen-bond donors (Lipinski definition) is 24. The Morgan fingerprint density at radius 2 is 0.960 bits per heavy atom. The van der Waals surface area contributed by atoms with E-state index in [1.54, 1.807) is 58.0 Å². The molecule has 2 aromatic rings. The number of phenolic OH excluding ortho intramolecular Hbond substituents is 1. The standard InChI is InChI=1S/C62H99N17O19S/c1-31(2)23-41(73-54(90)40(16-12-22-67-62(65)66)72-59(95)48(32(3)4)78-51(87)38(64)27-80)55(91)76-45(29-82)57(93)77-46(30-99)58(94)71-39(15-10-11-21-63)53(89)69-33(5)50(86)75-44(28-81)52(88)68-26-47(85)70-42(24-36-17-19-37(84)20-18-36)56(92)79-49(34(6)83)60(96)74-43(61(97)98)25-35-13-8-7-9-14-35/h7-9,13-14,17-20,31-34,38-46,48-49,80-84,99H,10-12,15-16,21-30,63-64H2,1-6H3,(H,68,88)(H,69,89)(H,70,85)(H,71,94)(H,72,95)(H,73,90)(H,74,96)(H,75,86)(H,76,91)(H,77,93)(H,78,87)(H,79,92)(H,97,98)(H4,65,66,67)/t33-,34+,38-,39-,40-,41-,42-,43-,44-,45-,46-,48-,49-/m0/s1. The molecule has 0 heterocycles. The van der Waals surface area contributed by atoms with Gasteiger partial charge in [0, 0.05) is 25.1 Å². The Morgan fingerprint density at radius 1 is 0.495 bits per heavy atom. The number of thiol groups is 1. The van der Waals surface area contributed by atoms with Gasteiger partial charge in [0.25, 0.3) is 0 Å². The van der Waals surface area contributed by atoms with Crippen LogP contribution < -0.4 is 86.3 Å². The number of aromatic hydroxyl groups is 1. The highest BCUT2D eigenvalue weighted by atomic mass is 32.1. The summed E-state index contributed by atoms with van der Waals surface area (Å²) >= 11 is 4.20. The molecule has 0 unspecified atom stereocenters. The van der Waals surface area contributed by atoms with E-state index in [9.17, 15) is 93.0 Å². The van der Waals surface area contributed by atoms with Crippen molar-refractivity contribution in [3.8, 4) is 5.75 Å². The molecule has 2 rings (SSSR count). The van der Waals surface area contributed by atoms with E-state index in [0.29, 0.717) is 17.5 Å². The molecule has 2 aromatic carbocycles. The largest absolute Gasteiger partial charge is 0.508 e. The minimum absolute atomic E-state index is 0.0458. The van der Waals surface area contributed by atoms with Crippen LogP contribution in [0.15, 0.2) is 54.6 Å². The zero-order valence-corrected chi connectivity index (χ0v) is 57.0. The molecule has 99 heavy (non-hydrogen) atoms. The molecule has 0 saturated heterocycles. The number of phenols is 1. The summed E-state index contributed by atoms with van der Waals surface area (Å²) in [6.45, 7) is 5.56. The van der Waals surface area contributed by atoms with Gasteiger partial charge in [-0.05, 0) is 94.0 Å². The first-order valence-corrected chi connectivity index (χ1v) is 32.6. The number of nitrogens with one attached hydrogen (secondary N) is 14. The zero-order chi connectivity index (χ0) is 74.6. The molecular weight excluding hydrogens is 1320 g/mol. The van der Waals surface area contributed by atoms with Crippen molar-refractivity contribution in [3.63, 3.8) is 0 Å². The minimum Gasteiger partial charge on any atom is -0.508 e. The van der Waals surface area contributed by atoms with Crippen LogP contribution in [0.5, 0.6) is 5.75 Å². The third kappa shape index (κ3) is 31.4. The highest BCUT2D eigenvalue weighted by Gasteiger charge is 2.37. The SMILES string of the molecule is CC(C)C[C@H](NC(=O)[C@H](CCCNC(=N)N)NC(=O)[C@@H](NC(=O)[C@@H](N)CO)C(C)C)C(=O)N[C@@H](CO)C(=O)N[C@@H](CS)C(=O)N[C@@H](CCCCN)C(=O)N[C@@H](C)C(=O)N[C@@H](CO)C(=O)NCC(=O)N[C@@H](Cc1ccc(O)cc1)C(=O)N[C@H](C(=O)N[C@@H](Cc1ccccc1)C(=O)O)[C@@H](C)O. The van der Waals surface area contributed by atoms with Crippen molar-refractivity contribution in [2.45, 2.75) is 172 Å². The molecule has 0 saturated carbocycles. The van der Waals surface area contributed by atoms with Gasteiger partial charge in [0.05, 0.1) is 32.5 Å². The van der Waals surface area contributed by atoms with Gasteiger partial charge in [-0.25, -0.2) is 4.79 Å². The first kappa shape index (κ1) is 85.8. The Hall–Kier alpha value is -9.27. The summed E-state index contributed by atoms with van der Waals surface area (Å²) in [5.41, 5.74) is 17.7. The second-order valence-corrected chi connectivity index (χ2v) is 24.5. The van der Waals surface area contributed by atoms with Gasteiger partial charge in [0.1, 0.15) is 78.3 Å². The van der Waals surface area contributed by atoms with E-state index in [0.717, 1.165) is 6.92 Å². The molecule has 0 aromatic heterocycles. The molecule has 13 atom stereocenters. The van der Waals surface area contributed by atoms with E-state index < -0.39 is 193 Å². The Bertz CT molecular complexity index is 3030. The van der Waals surface area contributed by atoms with Crippen LogP contribution in [0.1, 0.15) is 91.2 Å². The lowest BCUT2D eigenvalue weighted by Crippen LogP contribution is -2.61. The predicted molar refractivity (Wildman–Crippen MR) is 361 cm³/mol. The Morgan fingerprint density at radius 3 is 1.51 bits per heavy atom. The quantitative estimate of drug-likeness (QED) is 0.0127. The number of guanidine groups is 1. The first-order valence-electron chi connectivity index (χ1n) is 32.0. The van der Waals surface area contributed by atoms with E-state index in [-0.39, 0.29) is 75.7 Å². The highest BCUT2D eigenvalue weighted by Crippen LogP contribution is 2.14.